The Hall–Kier alpha value is -2.56. The van der Waals surface area contributed by atoms with Crippen LogP contribution in [-0.2, 0) is 4.74 Å². The van der Waals surface area contributed by atoms with E-state index in [2.05, 4.69) is 26.7 Å². The minimum absolute atomic E-state index is 0.347. The van der Waals surface area contributed by atoms with Crippen LogP contribution in [0.2, 0.25) is 0 Å². The number of alkyl carbamates (subject to hydrolysis) is 1. The van der Waals surface area contributed by atoms with Gasteiger partial charge in [-0.25, -0.2) is 9.78 Å². The lowest BCUT2D eigenvalue weighted by Crippen LogP contribution is -2.47. The summed E-state index contributed by atoms with van der Waals surface area (Å²) in [6.45, 7) is 1.92. The molecule has 0 radical (unpaired) electrons. The molecule has 110 valence electrons. The average Bonchev–Trinajstić information content (AvgIpc) is 2.88. The highest BCUT2D eigenvalue weighted by Gasteiger charge is 2.43. The number of hydrogen-bond donors (Lipinski definition) is 2. The smallest absolute Gasteiger partial charge is 0.407 e. The van der Waals surface area contributed by atoms with Crippen molar-refractivity contribution in [2.45, 2.75) is 18.4 Å². The van der Waals surface area contributed by atoms with Gasteiger partial charge in [-0.3, -0.25) is 0 Å². The largest absolute Gasteiger partial charge is 0.441 e. The number of nitriles is 1. The van der Waals surface area contributed by atoms with E-state index in [1.807, 2.05) is 4.90 Å². The first-order chi connectivity index (χ1) is 10.2. The molecule has 2 aliphatic heterocycles. The maximum Gasteiger partial charge on any atom is 0.407 e. The van der Waals surface area contributed by atoms with Crippen LogP contribution in [-0.4, -0.2) is 48.3 Å². The van der Waals surface area contributed by atoms with E-state index in [-0.39, 0.29) is 6.09 Å². The van der Waals surface area contributed by atoms with Gasteiger partial charge >= 0.3 is 6.09 Å². The van der Waals surface area contributed by atoms with Gasteiger partial charge in [0.2, 0.25) is 5.95 Å². The number of aromatic nitrogens is 2. The first-order valence-electron chi connectivity index (χ1n) is 6.82. The molecule has 1 amide bonds. The average molecular weight is 288 g/mol. The molecule has 0 unspecified atom stereocenters. The molecule has 8 heteroatoms. The summed E-state index contributed by atoms with van der Waals surface area (Å²) in [4.78, 5) is 21.7. The molecule has 1 aromatic rings. The fourth-order valence-electron chi connectivity index (χ4n) is 2.72. The van der Waals surface area contributed by atoms with Gasteiger partial charge in [-0.15, -0.1) is 0 Å². The number of rotatable bonds is 2. The van der Waals surface area contributed by atoms with Crippen molar-refractivity contribution in [1.29, 1.82) is 5.26 Å². The lowest BCUT2D eigenvalue weighted by molar-refractivity contribution is 0.0366. The van der Waals surface area contributed by atoms with Crippen molar-refractivity contribution in [3.63, 3.8) is 0 Å². The van der Waals surface area contributed by atoms with Gasteiger partial charge in [0, 0.05) is 33.0 Å². The van der Waals surface area contributed by atoms with Gasteiger partial charge in [0.25, 0.3) is 0 Å². The number of nitrogens with one attached hydrogen (secondary N) is 2. The second-order valence-electron chi connectivity index (χ2n) is 5.21. The summed E-state index contributed by atoms with van der Waals surface area (Å²) >= 11 is 0. The molecule has 0 saturated carbocycles. The van der Waals surface area contributed by atoms with E-state index in [1.54, 1.807) is 7.05 Å². The third kappa shape index (κ3) is 2.42. The van der Waals surface area contributed by atoms with Crippen molar-refractivity contribution in [3.8, 4) is 6.07 Å². The number of anilines is 2. The lowest BCUT2D eigenvalue weighted by Gasteiger charge is -2.37. The van der Waals surface area contributed by atoms with Crippen LogP contribution in [0.3, 0.4) is 0 Å². The fraction of sp³-hybridized carbons (Fsp3) is 0.538. The van der Waals surface area contributed by atoms with Crippen LogP contribution in [0.5, 0.6) is 0 Å². The number of carbonyl (C=O) groups excluding carboxylic acids is 1. The zero-order valence-corrected chi connectivity index (χ0v) is 11.7. The van der Waals surface area contributed by atoms with E-state index in [4.69, 9.17) is 4.74 Å². The summed E-state index contributed by atoms with van der Waals surface area (Å²) < 4.78 is 5.39. The highest BCUT2D eigenvalue weighted by Crippen LogP contribution is 2.32. The SMILES string of the molecule is CNc1ncc(C#N)c(N2CCC3(CC2)CNC(=O)O3)n1. The van der Waals surface area contributed by atoms with Crippen LogP contribution in [0.1, 0.15) is 18.4 Å². The molecule has 21 heavy (non-hydrogen) atoms. The summed E-state index contributed by atoms with van der Waals surface area (Å²) in [5, 5.41) is 14.8. The molecule has 2 N–H and O–H groups in total. The van der Waals surface area contributed by atoms with Crippen molar-refractivity contribution in [2.75, 3.05) is 36.9 Å². The molecule has 0 aromatic carbocycles. The van der Waals surface area contributed by atoms with E-state index in [0.717, 1.165) is 12.8 Å². The standard InChI is InChI=1S/C13H16N6O2/c1-15-11-16-7-9(6-14)10(18-11)19-4-2-13(3-5-19)8-17-12(20)21-13/h7H,2-5,8H2,1H3,(H,17,20)(H,15,16,18). The van der Waals surface area contributed by atoms with E-state index in [1.165, 1.54) is 6.20 Å². The Morgan fingerprint density at radius 1 is 1.52 bits per heavy atom. The molecule has 2 aliphatic rings. The molecule has 2 fully saturated rings. The normalized spacial score (nSPS) is 19.8. The molecule has 3 heterocycles. The van der Waals surface area contributed by atoms with E-state index in [9.17, 15) is 10.1 Å². The number of ether oxygens (including phenoxy) is 1. The van der Waals surface area contributed by atoms with Crippen LogP contribution in [0.15, 0.2) is 6.20 Å². The summed E-state index contributed by atoms with van der Waals surface area (Å²) in [5.41, 5.74) is 0.0469. The Morgan fingerprint density at radius 2 is 2.29 bits per heavy atom. The molecule has 0 bridgehead atoms. The topological polar surface area (TPSA) is 103 Å². The molecule has 8 nitrogen and oxygen atoms in total. The van der Waals surface area contributed by atoms with Gasteiger partial charge in [0.1, 0.15) is 17.2 Å². The zero-order chi connectivity index (χ0) is 14.9. The van der Waals surface area contributed by atoms with Crippen molar-refractivity contribution in [2.24, 2.45) is 0 Å². The first kappa shape index (κ1) is 13.4. The third-order valence-corrected chi connectivity index (χ3v) is 3.95. The molecular formula is C13H16N6O2. The van der Waals surface area contributed by atoms with Gasteiger partial charge in [0.05, 0.1) is 12.7 Å². The number of piperidine rings is 1. The number of nitrogens with zero attached hydrogens (tertiary/aromatic N) is 4. The van der Waals surface area contributed by atoms with Crippen molar-refractivity contribution in [1.82, 2.24) is 15.3 Å². The summed E-state index contributed by atoms with van der Waals surface area (Å²) in [5.74, 6) is 1.11. The van der Waals surface area contributed by atoms with Gasteiger partial charge in [-0.2, -0.15) is 10.2 Å². The predicted octanol–water partition coefficient (Wildman–Crippen LogP) is 0.469. The van der Waals surface area contributed by atoms with E-state index in [0.29, 0.717) is 37.0 Å². The highest BCUT2D eigenvalue weighted by molar-refractivity contribution is 5.70. The number of carbonyl (C=O) groups is 1. The highest BCUT2D eigenvalue weighted by atomic mass is 16.6. The molecular weight excluding hydrogens is 272 g/mol. The predicted molar refractivity (Wildman–Crippen MR) is 75.0 cm³/mol. The maximum atomic E-state index is 11.2. The molecule has 2 saturated heterocycles. The number of amides is 1. The van der Waals surface area contributed by atoms with Crippen LogP contribution >= 0.6 is 0 Å². The minimum Gasteiger partial charge on any atom is -0.441 e. The van der Waals surface area contributed by atoms with Gasteiger partial charge < -0.3 is 20.3 Å². The molecule has 0 aliphatic carbocycles. The van der Waals surface area contributed by atoms with Crippen molar-refractivity contribution >= 4 is 17.9 Å². The van der Waals surface area contributed by atoms with Crippen LogP contribution in [0, 0.1) is 11.3 Å². The van der Waals surface area contributed by atoms with Gasteiger partial charge in [-0.05, 0) is 0 Å². The van der Waals surface area contributed by atoms with Crippen LogP contribution < -0.4 is 15.5 Å². The lowest BCUT2D eigenvalue weighted by atomic mass is 9.91. The minimum atomic E-state index is -0.404. The molecule has 0 atom stereocenters. The Kier molecular flexibility index (Phi) is 3.25. The summed E-state index contributed by atoms with van der Waals surface area (Å²) in [6.07, 6.45) is 2.61. The monoisotopic (exact) mass is 288 g/mol. The van der Waals surface area contributed by atoms with Crippen molar-refractivity contribution < 1.29 is 9.53 Å². The molecule has 1 spiro atoms. The Bertz CT molecular complexity index is 603. The first-order valence-corrected chi connectivity index (χ1v) is 6.82. The Labute approximate surface area is 122 Å². The van der Waals surface area contributed by atoms with Crippen LogP contribution in [0.25, 0.3) is 0 Å². The van der Waals surface area contributed by atoms with E-state index < -0.39 is 5.60 Å². The Balaban J connectivity index is 1.78. The third-order valence-electron chi connectivity index (χ3n) is 3.95. The van der Waals surface area contributed by atoms with Gasteiger partial charge in [-0.1, -0.05) is 0 Å². The molecule has 1 aromatic heterocycles. The second kappa shape index (κ2) is 5.09. The summed E-state index contributed by atoms with van der Waals surface area (Å²) in [7, 11) is 1.74. The van der Waals surface area contributed by atoms with E-state index >= 15 is 0 Å². The quantitative estimate of drug-likeness (QED) is 0.815. The van der Waals surface area contributed by atoms with Crippen LogP contribution in [0.4, 0.5) is 16.6 Å². The maximum absolute atomic E-state index is 11.2. The Morgan fingerprint density at radius 3 is 2.86 bits per heavy atom. The van der Waals surface area contributed by atoms with Gasteiger partial charge in [0.15, 0.2) is 5.82 Å². The molecule has 3 rings (SSSR count). The number of hydrogen-bond acceptors (Lipinski definition) is 7. The zero-order valence-electron chi connectivity index (χ0n) is 11.7. The summed E-state index contributed by atoms with van der Waals surface area (Å²) in [6, 6.07) is 2.12. The second-order valence-corrected chi connectivity index (χ2v) is 5.21. The van der Waals surface area contributed by atoms with Crippen molar-refractivity contribution in [3.05, 3.63) is 11.8 Å². The fourth-order valence-corrected chi connectivity index (χ4v) is 2.72.